The van der Waals surface area contributed by atoms with Gasteiger partial charge in [-0.05, 0) is 13.8 Å². The molecule has 0 radical (unpaired) electrons. The molecule has 0 saturated heterocycles. The third-order valence-electron chi connectivity index (χ3n) is 3.08. The van der Waals surface area contributed by atoms with Gasteiger partial charge >= 0.3 is 5.69 Å². The molecular formula is C11H17N7O2. The summed E-state index contributed by atoms with van der Waals surface area (Å²) in [4.78, 5) is 30.6. The van der Waals surface area contributed by atoms with Gasteiger partial charge in [-0.25, -0.2) is 4.79 Å². The van der Waals surface area contributed by atoms with Crippen molar-refractivity contribution in [3.63, 3.8) is 0 Å². The zero-order chi connectivity index (χ0) is 14.9. The average Bonchev–Trinajstić information content (AvgIpc) is 2.88. The van der Waals surface area contributed by atoms with Crippen LogP contribution in [0.15, 0.2) is 19.9 Å². The number of fused-ring (bicyclic) bond motifs is 1. The Balaban J connectivity index is 2.55. The first-order valence-corrected chi connectivity index (χ1v) is 6.31. The second-order valence-corrected chi connectivity index (χ2v) is 4.29. The summed E-state index contributed by atoms with van der Waals surface area (Å²) in [5.74, 6) is 0.199. The molecule has 9 nitrogen and oxygen atoms in total. The predicted molar refractivity (Wildman–Crippen MR) is 74.0 cm³/mol. The summed E-state index contributed by atoms with van der Waals surface area (Å²) < 4.78 is 2.31. The van der Waals surface area contributed by atoms with E-state index in [-0.39, 0.29) is 17.1 Å². The summed E-state index contributed by atoms with van der Waals surface area (Å²) in [6, 6.07) is 0. The average molecular weight is 279 g/mol. The van der Waals surface area contributed by atoms with Gasteiger partial charge in [-0.15, -0.1) is 0 Å². The molecule has 0 atom stereocenters. The summed E-state index contributed by atoms with van der Waals surface area (Å²) in [6.45, 7) is 5.36. The molecule has 0 fully saturated rings. The Bertz CT molecular complexity index is 763. The van der Waals surface area contributed by atoms with E-state index < -0.39 is 11.2 Å². The van der Waals surface area contributed by atoms with E-state index in [0.717, 1.165) is 17.7 Å². The van der Waals surface area contributed by atoms with E-state index in [1.54, 1.807) is 12.1 Å². The lowest BCUT2D eigenvalue weighted by Crippen LogP contribution is -2.36. The molecule has 0 aliphatic carbocycles. The fourth-order valence-corrected chi connectivity index (χ4v) is 1.82. The number of hydrogen-bond acceptors (Lipinski definition) is 5. The number of rotatable bonds is 4. The van der Waals surface area contributed by atoms with Crippen molar-refractivity contribution in [2.45, 2.75) is 13.8 Å². The largest absolute Gasteiger partial charge is 0.332 e. The SMILES string of the molecule is CCN(CC)/N=N/c1nc2c([nH]1)c(=O)n(C)c(=O)n2C. The zero-order valence-corrected chi connectivity index (χ0v) is 11.9. The molecule has 0 aromatic carbocycles. The van der Waals surface area contributed by atoms with E-state index in [1.165, 1.54) is 11.6 Å². The van der Waals surface area contributed by atoms with Crippen LogP contribution < -0.4 is 11.2 Å². The van der Waals surface area contributed by atoms with Crippen molar-refractivity contribution in [3.05, 3.63) is 20.8 Å². The highest BCUT2D eigenvalue weighted by molar-refractivity contribution is 5.71. The van der Waals surface area contributed by atoms with E-state index in [4.69, 9.17) is 0 Å². The molecule has 0 unspecified atom stereocenters. The molecule has 2 aromatic rings. The van der Waals surface area contributed by atoms with Crippen LogP contribution in [0, 0.1) is 0 Å². The maximum atomic E-state index is 12.0. The van der Waals surface area contributed by atoms with Crippen LogP contribution in [-0.4, -0.2) is 37.2 Å². The quantitative estimate of drug-likeness (QED) is 0.642. The molecule has 108 valence electrons. The van der Waals surface area contributed by atoms with Crippen LogP contribution in [0.3, 0.4) is 0 Å². The predicted octanol–water partition coefficient (Wildman–Crippen LogP) is 0.301. The van der Waals surface area contributed by atoms with Gasteiger partial charge in [0, 0.05) is 27.2 Å². The summed E-state index contributed by atoms with van der Waals surface area (Å²) >= 11 is 0. The number of nitrogens with zero attached hydrogens (tertiary/aromatic N) is 6. The van der Waals surface area contributed by atoms with Crippen molar-refractivity contribution >= 4 is 17.1 Å². The minimum absolute atomic E-state index is 0.199. The molecule has 2 heterocycles. The number of aromatic nitrogens is 4. The minimum atomic E-state index is -0.431. The molecular weight excluding hydrogens is 262 g/mol. The zero-order valence-electron chi connectivity index (χ0n) is 11.9. The Labute approximate surface area is 114 Å². The molecule has 0 amide bonds. The standard InChI is InChI=1S/C11H17N7O2/c1-5-18(6-2)15-14-10-12-7-8(13-10)16(3)11(20)17(4)9(7)19/h5-6H2,1-4H3,(H,12,13)/b15-14+. The Morgan fingerprint density at radius 3 is 2.45 bits per heavy atom. The lowest BCUT2D eigenvalue weighted by atomic mass is 10.5. The van der Waals surface area contributed by atoms with E-state index >= 15 is 0 Å². The molecule has 9 heteroatoms. The van der Waals surface area contributed by atoms with E-state index in [0.29, 0.717) is 0 Å². The number of nitrogens with one attached hydrogen (secondary N) is 1. The lowest BCUT2D eigenvalue weighted by molar-refractivity contribution is 0.300. The molecule has 0 spiro atoms. The first-order chi connectivity index (χ1) is 9.49. The number of hydrogen-bond donors (Lipinski definition) is 1. The highest BCUT2D eigenvalue weighted by Crippen LogP contribution is 2.12. The molecule has 0 aliphatic rings. The molecule has 0 bridgehead atoms. The Kier molecular flexibility index (Phi) is 3.68. The number of H-pyrrole nitrogens is 1. The Hall–Kier alpha value is -2.45. The fraction of sp³-hybridized carbons (Fsp3) is 0.545. The highest BCUT2D eigenvalue weighted by atomic mass is 16.2. The summed E-state index contributed by atoms with van der Waals surface area (Å²) in [7, 11) is 2.97. The van der Waals surface area contributed by atoms with Gasteiger partial charge in [0.2, 0.25) is 0 Å². The molecule has 20 heavy (non-hydrogen) atoms. The van der Waals surface area contributed by atoms with Crippen LogP contribution in [0.2, 0.25) is 0 Å². The Morgan fingerprint density at radius 1 is 1.20 bits per heavy atom. The van der Waals surface area contributed by atoms with Crippen LogP contribution in [0.5, 0.6) is 0 Å². The summed E-state index contributed by atoms with van der Waals surface area (Å²) in [6.07, 6.45) is 0. The maximum Gasteiger partial charge on any atom is 0.332 e. The van der Waals surface area contributed by atoms with Crippen molar-refractivity contribution in [1.29, 1.82) is 0 Å². The van der Waals surface area contributed by atoms with Gasteiger partial charge in [-0.3, -0.25) is 18.9 Å². The fourth-order valence-electron chi connectivity index (χ4n) is 1.82. The van der Waals surface area contributed by atoms with E-state index in [2.05, 4.69) is 20.3 Å². The van der Waals surface area contributed by atoms with Crippen molar-refractivity contribution in [3.8, 4) is 0 Å². The van der Waals surface area contributed by atoms with Gasteiger partial charge in [0.15, 0.2) is 11.2 Å². The van der Waals surface area contributed by atoms with Gasteiger partial charge in [-0.1, -0.05) is 10.3 Å². The number of aryl methyl sites for hydroxylation is 1. The molecule has 1 N–H and O–H groups in total. The van der Waals surface area contributed by atoms with Gasteiger partial charge in [-0.2, -0.15) is 4.98 Å². The van der Waals surface area contributed by atoms with Crippen LogP contribution >= 0.6 is 0 Å². The first kappa shape index (κ1) is 14.0. The minimum Gasteiger partial charge on any atom is -0.315 e. The van der Waals surface area contributed by atoms with Crippen LogP contribution in [0.4, 0.5) is 5.95 Å². The maximum absolute atomic E-state index is 12.0. The second kappa shape index (κ2) is 5.27. The summed E-state index contributed by atoms with van der Waals surface area (Å²) in [5.41, 5.74) is -0.351. The van der Waals surface area contributed by atoms with Crippen molar-refractivity contribution in [2.75, 3.05) is 13.1 Å². The first-order valence-electron chi connectivity index (χ1n) is 6.31. The molecule has 2 rings (SSSR count). The van der Waals surface area contributed by atoms with Gasteiger partial charge in [0.05, 0.1) is 0 Å². The van der Waals surface area contributed by atoms with E-state index in [9.17, 15) is 9.59 Å². The number of aromatic amines is 1. The van der Waals surface area contributed by atoms with Gasteiger partial charge < -0.3 is 4.98 Å². The van der Waals surface area contributed by atoms with Crippen LogP contribution in [0.25, 0.3) is 11.2 Å². The van der Waals surface area contributed by atoms with E-state index in [1.807, 2.05) is 13.8 Å². The molecule has 0 saturated carbocycles. The monoisotopic (exact) mass is 279 g/mol. The van der Waals surface area contributed by atoms with Crippen molar-refractivity contribution < 1.29 is 0 Å². The van der Waals surface area contributed by atoms with Crippen molar-refractivity contribution in [1.82, 2.24) is 24.1 Å². The van der Waals surface area contributed by atoms with Gasteiger partial charge in [0.1, 0.15) is 0 Å². The normalized spacial score (nSPS) is 11.6. The molecule has 0 aliphatic heterocycles. The third-order valence-corrected chi connectivity index (χ3v) is 3.08. The lowest BCUT2D eigenvalue weighted by Gasteiger charge is -2.10. The van der Waals surface area contributed by atoms with Gasteiger partial charge in [0.25, 0.3) is 11.5 Å². The summed E-state index contributed by atoms with van der Waals surface area (Å²) in [5, 5.41) is 9.69. The number of imidazole rings is 1. The second-order valence-electron chi connectivity index (χ2n) is 4.29. The molecule has 2 aromatic heterocycles. The van der Waals surface area contributed by atoms with Crippen molar-refractivity contribution in [2.24, 2.45) is 24.4 Å². The van der Waals surface area contributed by atoms with Crippen LogP contribution in [0.1, 0.15) is 13.8 Å². The third kappa shape index (κ3) is 2.22. The Morgan fingerprint density at radius 2 is 1.85 bits per heavy atom. The van der Waals surface area contributed by atoms with Crippen LogP contribution in [-0.2, 0) is 14.1 Å². The topological polar surface area (TPSA) is 101 Å². The highest BCUT2D eigenvalue weighted by Gasteiger charge is 2.13. The smallest absolute Gasteiger partial charge is 0.315 e.